The summed E-state index contributed by atoms with van der Waals surface area (Å²) in [5, 5.41) is 7.59. The highest BCUT2D eigenvalue weighted by Crippen LogP contribution is 2.15. The van der Waals surface area contributed by atoms with Gasteiger partial charge in [0.05, 0.1) is 16.3 Å². The first-order chi connectivity index (χ1) is 13.5. The highest BCUT2D eigenvalue weighted by Gasteiger charge is 2.14. The van der Waals surface area contributed by atoms with Crippen molar-refractivity contribution in [3.63, 3.8) is 0 Å². The molecule has 0 saturated heterocycles. The number of halogens is 2. The minimum Gasteiger partial charge on any atom is -0.245 e. The van der Waals surface area contributed by atoms with Crippen LogP contribution in [-0.4, -0.2) is 21.8 Å². The highest BCUT2D eigenvalue weighted by atomic mass is 127. The Morgan fingerprint density at radius 1 is 1.03 bits per heavy atom. The van der Waals surface area contributed by atoms with Crippen LogP contribution >= 0.6 is 56.5 Å². The largest absolute Gasteiger partial charge is 0.245 e. The first-order valence-electron chi connectivity index (χ1n) is 7.92. The minimum absolute atomic E-state index is 0.181. The van der Waals surface area contributed by atoms with E-state index in [4.69, 9.17) is 5.14 Å². The number of aromatic nitrogens is 1. The van der Waals surface area contributed by atoms with E-state index in [0.717, 1.165) is 14.3 Å². The van der Waals surface area contributed by atoms with Crippen molar-refractivity contribution < 1.29 is 16.8 Å². The molecule has 29 heavy (non-hydrogen) atoms. The van der Waals surface area contributed by atoms with Gasteiger partial charge in [-0.05, 0) is 88.5 Å². The maximum atomic E-state index is 12.0. The summed E-state index contributed by atoms with van der Waals surface area (Å²) in [6, 6.07) is 13.3. The number of nitrogens with two attached hydrogens (primary N) is 1. The average Bonchev–Trinajstić information content (AvgIpc) is 3.06. The van der Waals surface area contributed by atoms with E-state index < -0.39 is 20.0 Å². The van der Waals surface area contributed by atoms with E-state index in [0.29, 0.717) is 3.57 Å². The van der Waals surface area contributed by atoms with E-state index in [1.54, 1.807) is 42.5 Å². The summed E-state index contributed by atoms with van der Waals surface area (Å²) >= 11 is 5.51. The van der Waals surface area contributed by atoms with Gasteiger partial charge in [-0.3, -0.25) is 0 Å². The van der Waals surface area contributed by atoms with Crippen molar-refractivity contribution in [2.24, 2.45) is 5.14 Å². The Hall–Kier alpha value is -0.650. The molecular formula is C17H17I2N3O4S3. The Morgan fingerprint density at radius 2 is 1.66 bits per heavy atom. The third-order valence-electron chi connectivity index (χ3n) is 3.35. The Labute approximate surface area is 201 Å². The lowest BCUT2D eigenvalue weighted by Crippen LogP contribution is -2.23. The lowest BCUT2D eigenvalue weighted by molar-refractivity contribution is 0.581. The van der Waals surface area contributed by atoms with Gasteiger partial charge in [-0.2, -0.15) is 0 Å². The molecule has 0 radical (unpaired) electrons. The minimum atomic E-state index is -3.54. The summed E-state index contributed by atoms with van der Waals surface area (Å²) < 4.78 is 49.8. The van der Waals surface area contributed by atoms with Gasteiger partial charge in [0.25, 0.3) is 0 Å². The van der Waals surface area contributed by atoms with Gasteiger partial charge in [0, 0.05) is 18.2 Å². The summed E-state index contributed by atoms with van der Waals surface area (Å²) in [4.78, 5) is 4.67. The van der Waals surface area contributed by atoms with Crippen molar-refractivity contribution in [2.45, 2.75) is 23.3 Å². The molecular weight excluding hydrogens is 660 g/mol. The molecule has 0 atom stereocenters. The second-order valence-electron chi connectivity index (χ2n) is 5.64. The van der Waals surface area contributed by atoms with Crippen molar-refractivity contribution in [1.82, 2.24) is 9.71 Å². The topological polar surface area (TPSA) is 119 Å². The first-order valence-corrected chi connectivity index (χ1v) is 14.0. The lowest BCUT2D eigenvalue weighted by Gasteiger charge is -2.05. The molecule has 0 unspecified atom stereocenters. The molecule has 3 N–H and O–H groups in total. The van der Waals surface area contributed by atoms with Gasteiger partial charge in [0.1, 0.15) is 5.01 Å². The van der Waals surface area contributed by atoms with Crippen LogP contribution < -0.4 is 9.86 Å². The fourth-order valence-electron chi connectivity index (χ4n) is 2.01. The fourth-order valence-corrected chi connectivity index (χ4v) is 6.08. The summed E-state index contributed by atoms with van der Waals surface area (Å²) in [7, 11) is -6.99. The van der Waals surface area contributed by atoms with Gasteiger partial charge < -0.3 is 0 Å². The Bertz CT molecular complexity index is 1180. The van der Waals surface area contributed by atoms with Crippen molar-refractivity contribution in [3.8, 4) is 0 Å². The van der Waals surface area contributed by atoms with Crippen LogP contribution in [0.25, 0.3) is 0 Å². The number of primary sulfonamides is 1. The number of nitrogens with zero attached hydrogens (tertiary/aromatic N) is 1. The van der Waals surface area contributed by atoms with Crippen LogP contribution in [0.1, 0.15) is 10.7 Å². The number of nitrogens with one attached hydrogen (secondary N) is 1. The molecule has 0 aliphatic carbocycles. The zero-order chi connectivity index (χ0) is 21.7. The summed E-state index contributed by atoms with van der Waals surface area (Å²) in [5.41, 5.74) is 0.906. The van der Waals surface area contributed by atoms with Crippen LogP contribution in [-0.2, 0) is 26.6 Å². The molecule has 0 bridgehead atoms. The predicted octanol–water partition coefficient (Wildman–Crippen LogP) is 3.47. The lowest BCUT2D eigenvalue weighted by atomic mass is 10.4. The second-order valence-corrected chi connectivity index (χ2v) is 12.3. The van der Waals surface area contributed by atoms with Crippen molar-refractivity contribution in [3.05, 3.63) is 71.8 Å². The molecule has 0 aliphatic heterocycles. The number of thiazole rings is 1. The summed E-state index contributed by atoms with van der Waals surface area (Å²) in [6.07, 6.45) is 0. The van der Waals surface area contributed by atoms with Crippen LogP contribution in [0.2, 0.25) is 0 Å². The summed E-state index contributed by atoms with van der Waals surface area (Å²) in [6.45, 7) is 2.11. The molecule has 3 rings (SSSR count). The molecule has 3 aromatic rings. The fraction of sp³-hybridized carbons (Fsp3) is 0.118. The van der Waals surface area contributed by atoms with Crippen LogP contribution in [0.5, 0.6) is 0 Å². The number of benzene rings is 2. The molecule has 0 aliphatic rings. The van der Waals surface area contributed by atoms with E-state index in [-0.39, 0.29) is 16.3 Å². The third-order valence-corrected chi connectivity index (χ3v) is 8.73. The third kappa shape index (κ3) is 7.84. The monoisotopic (exact) mass is 677 g/mol. The molecule has 0 spiro atoms. The number of aryl methyl sites for hydroxylation is 1. The average molecular weight is 677 g/mol. The van der Waals surface area contributed by atoms with Gasteiger partial charge in [-0.1, -0.05) is 12.1 Å². The van der Waals surface area contributed by atoms with Crippen LogP contribution in [0.4, 0.5) is 0 Å². The molecule has 0 saturated carbocycles. The van der Waals surface area contributed by atoms with E-state index in [1.165, 1.54) is 17.4 Å². The first kappa shape index (κ1) is 24.6. The van der Waals surface area contributed by atoms with E-state index in [1.807, 2.05) is 34.9 Å². The normalized spacial score (nSPS) is 11.6. The molecule has 1 heterocycles. The van der Waals surface area contributed by atoms with Gasteiger partial charge in [0.2, 0.25) is 20.0 Å². The van der Waals surface area contributed by atoms with Crippen molar-refractivity contribution in [1.29, 1.82) is 0 Å². The van der Waals surface area contributed by atoms with Crippen molar-refractivity contribution in [2.75, 3.05) is 0 Å². The zero-order valence-corrected chi connectivity index (χ0v) is 21.8. The van der Waals surface area contributed by atoms with Crippen LogP contribution in [0, 0.1) is 14.1 Å². The molecule has 156 valence electrons. The molecule has 0 fully saturated rings. The maximum absolute atomic E-state index is 12.0. The summed E-state index contributed by atoms with van der Waals surface area (Å²) in [5.74, 6) is 0. The van der Waals surface area contributed by atoms with Gasteiger partial charge >= 0.3 is 0 Å². The van der Waals surface area contributed by atoms with E-state index >= 15 is 0 Å². The quantitative estimate of drug-likeness (QED) is 0.402. The van der Waals surface area contributed by atoms with Crippen molar-refractivity contribution >= 4 is 76.6 Å². The van der Waals surface area contributed by atoms with E-state index in [9.17, 15) is 16.8 Å². The standard InChI is InChI=1S/C11H11IN2O2S2.C6H6INO2S/c1-8-7-17-11(14-8)6-13-18(15,16)10-4-2-9(12)3-5-10;7-5-3-1-2-4-6(5)11(8,9)10/h2-5,7,13H,6H2,1H3;1-4H,(H2,8,9,10). The van der Waals surface area contributed by atoms with Gasteiger partial charge in [0.15, 0.2) is 0 Å². The smallest absolute Gasteiger partial charge is 0.240 e. The van der Waals surface area contributed by atoms with Crippen LogP contribution in [0.3, 0.4) is 0 Å². The number of rotatable bonds is 5. The molecule has 0 amide bonds. The molecule has 1 aromatic heterocycles. The SMILES string of the molecule is Cc1csc(CNS(=O)(=O)c2ccc(I)cc2)n1.NS(=O)(=O)c1ccccc1I. The molecule has 2 aromatic carbocycles. The Kier molecular flexibility index (Phi) is 8.99. The zero-order valence-electron chi connectivity index (χ0n) is 15.0. The number of hydrogen-bond donors (Lipinski definition) is 2. The Balaban J connectivity index is 0.000000234. The highest BCUT2D eigenvalue weighted by molar-refractivity contribution is 14.1. The van der Waals surface area contributed by atoms with Crippen LogP contribution in [0.15, 0.2) is 63.7 Å². The number of hydrogen-bond acceptors (Lipinski definition) is 6. The van der Waals surface area contributed by atoms with Gasteiger partial charge in [-0.25, -0.2) is 31.7 Å². The van der Waals surface area contributed by atoms with Gasteiger partial charge in [-0.15, -0.1) is 11.3 Å². The van der Waals surface area contributed by atoms with E-state index in [2.05, 4.69) is 32.3 Å². The maximum Gasteiger partial charge on any atom is 0.240 e. The predicted molar refractivity (Wildman–Crippen MR) is 131 cm³/mol. The number of sulfonamides is 2. The molecule has 12 heteroatoms. The second kappa shape index (κ2) is 10.6. The molecule has 7 nitrogen and oxygen atoms in total. The Morgan fingerprint density at radius 3 is 2.14 bits per heavy atom.